The fraction of sp³-hybridized carbons (Fsp3) is 0.462. The summed E-state index contributed by atoms with van der Waals surface area (Å²) >= 11 is 0. The molecule has 0 unspecified atom stereocenters. The Kier molecular flexibility index (Phi) is 11.1. The number of aromatic amines is 2. The lowest BCUT2D eigenvalue weighted by Crippen LogP contribution is -2.22. The van der Waals surface area contributed by atoms with Gasteiger partial charge in [-0.3, -0.25) is 14.8 Å². The van der Waals surface area contributed by atoms with Crippen LogP contribution in [0.15, 0.2) is 21.9 Å². The third kappa shape index (κ3) is 5.85. The van der Waals surface area contributed by atoms with Gasteiger partial charge < -0.3 is 5.11 Å². The Morgan fingerprint density at radius 1 is 1.00 bits per heavy atom. The summed E-state index contributed by atoms with van der Waals surface area (Å²) in [5, 5.41) is 9.17. The lowest BCUT2D eigenvalue weighted by Gasteiger charge is -1.94. The average molecular weight is 269 g/mol. The Morgan fingerprint density at radius 3 is 2.05 bits per heavy atom. The van der Waals surface area contributed by atoms with Crippen molar-refractivity contribution in [3.63, 3.8) is 0 Å². The van der Waals surface area contributed by atoms with Crippen molar-refractivity contribution in [2.45, 2.75) is 41.5 Å². The molecule has 6 heteroatoms. The minimum Gasteiger partial charge on any atom is -0.506 e. The molecule has 108 valence electrons. The van der Waals surface area contributed by atoms with E-state index in [9.17, 15) is 9.59 Å². The van der Waals surface area contributed by atoms with Gasteiger partial charge in [0.25, 0.3) is 5.56 Å². The Labute approximate surface area is 112 Å². The quantitative estimate of drug-likeness (QED) is 0.683. The van der Waals surface area contributed by atoms with E-state index in [1.807, 2.05) is 46.5 Å². The average Bonchev–Trinajstić information content (AvgIpc) is 2.46. The van der Waals surface area contributed by atoms with E-state index in [-0.39, 0.29) is 16.8 Å². The SMILES string of the molecule is CC.CC.CC.O=c1[nH]c(=O)c2cc(O)cnc2[nH]1. The van der Waals surface area contributed by atoms with Crippen LogP contribution in [0.4, 0.5) is 0 Å². The van der Waals surface area contributed by atoms with Gasteiger partial charge in [0, 0.05) is 0 Å². The fourth-order valence-electron chi connectivity index (χ4n) is 1.04. The lowest BCUT2D eigenvalue weighted by molar-refractivity contribution is 0.473. The predicted octanol–water partition coefficient (Wildman–Crippen LogP) is 2.40. The standard InChI is InChI=1S/C7H5N3O3.3C2H6/c11-3-1-4-5(8-2-3)9-7(13)10-6(4)12;3*1-2/h1-2,11H,(H2,8,9,10,12,13);3*1-2H3. The summed E-state index contributed by atoms with van der Waals surface area (Å²) in [4.78, 5) is 29.9. The second-order valence-electron chi connectivity index (χ2n) is 2.50. The van der Waals surface area contributed by atoms with E-state index in [0.717, 1.165) is 6.20 Å². The Morgan fingerprint density at radius 2 is 1.53 bits per heavy atom. The summed E-state index contributed by atoms with van der Waals surface area (Å²) in [6, 6.07) is 1.23. The van der Waals surface area contributed by atoms with Crippen molar-refractivity contribution >= 4 is 11.0 Å². The first-order chi connectivity index (χ1) is 9.16. The molecule has 0 radical (unpaired) electrons. The van der Waals surface area contributed by atoms with Crippen molar-refractivity contribution in [3.05, 3.63) is 33.1 Å². The summed E-state index contributed by atoms with van der Waals surface area (Å²) in [7, 11) is 0. The largest absolute Gasteiger partial charge is 0.506 e. The van der Waals surface area contributed by atoms with E-state index < -0.39 is 11.2 Å². The Bertz CT molecular complexity index is 573. The van der Waals surface area contributed by atoms with Crippen LogP contribution in [0.5, 0.6) is 5.75 Å². The zero-order valence-electron chi connectivity index (χ0n) is 12.4. The molecule has 0 amide bonds. The van der Waals surface area contributed by atoms with Crippen LogP contribution >= 0.6 is 0 Å². The molecule has 3 N–H and O–H groups in total. The van der Waals surface area contributed by atoms with Gasteiger partial charge in [-0.05, 0) is 6.07 Å². The number of nitrogens with one attached hydrogen (secondary N) is 2. The van der Waals surface area contributed by atoms with Crippen LogP contribution in [0.3, 0.4) is 0 Å². The van der Waals surface area contributed by atoms with E-state index in [1.165, 1.54) is 6.07 Å². The normalized spacial score (nSPS) is 8.11. The first-order valence-corrected chi connectivity index (χ1v) is 6.48. The molecule has 2 heterocycles. The van der Waals surface area contributed by atoms with Crippen LogP contribution in [-0.4, -0.2) is 20.1 Å². The number of aromatic nitrogens is 3. The summed E-state index contributed by atoms with van der Waals surface area (Å²) < 4.78 is 0. The molecular formula is C13H23N3O3. The highest BCUT2D eigenvalue weighted by molar-refractivity contribution is 5.74. The summed E-state index contributed by atoms with van der Waals surface area (Å²) in [6.07, 6.45) is 1.15. The minimum atomic E-state index is -0.615. The number of aromatic hydroxyl groups is 1. The molecule has 0 bridgehead atoms. The molecule has 0 spiro atoms. The number of H-pyrrole nitrogens is 2. The van der Waals surface area contributed by atoms with E-state index >= 15 is 0 Å². The van der Waals surface area contributed by atoms with Crippen LogP contribution in [0.2, 0.25) is 0 Å². The van der Waals surface area contributed by atoms with Gasteiger partial charge in [0.15, 0.2) is 0 Å². The topological polar surface area (TPSA) is 98.8 Å². The Balaban J connectivity index is 0. The van der Waals surface area contributed by atoms with Gasteiger partial charge in [0.1, 0.15) is 11.4 Å². The van der Waals surface area contributed by atoms with Crippen LogP contribution in [0.25, 0.3) is 11.0 Å². The van der Waals surface area contributed by atoms with Crippen LogP contribution in [0, 0.1) is 0 Å². The maximum Gasteiger partial charge on any atom is 0.327 e. The molecule has 0 atom stereocenters. The number of rotatable bonds is 0. The van der Waals surface area contributed by atoms with Crippen molar-refractivity contribution in [1.29, 1.82) is 0 Å². The third-order valence-electron chi connectivity index (χ3n) is 1.58. The van der Waals surface area contributed by atoms with Crippen molar-refractivity contribution < 1.29 is 5.11 Å². The minimum absolute atomic E-state index is 0.120. The number of hydrogen-bond donors (Lipinski definition) is 3. The maximum atomic E-state index is 11.1. The van der Waals surface area contributed by atoms with Gasteiger partial charge in [-0.2, -0.15) is 0 Å². The van der Waals surface area contributed by atoms with Gasteiger partial charge in [-0.15, -0.1) is 0 Å². The molecule has 0 aromatic carbocycles. The smallest absolute Gasteiger partial charge is 0.327 e. The molecule has 2 aromatic rings. The molecule has 2 rings (SSSR count). The maximum absolute atomic E-state index is 11.1. The van der Waals surface area contributed by atoms with Crippen LogP contribution in [0.1, 0.15) is 41.5 Å². The second-order valence-corrected chi connectivity index (χ2v) is 2.50. The Hall–Kier alpha value is -2.11. The van der Waals surface area contributed by atoms with Gasteiger partial charge in [-0.25, -0.2) is 9.78 Å². The monoisotopic (exact) mass is 269 g/mol. The highest BCUT2D eigenvalue weighted by Gasteiger charge is 2.01. The van der Waals surface area contributed by atoms with Crippen LogP contribution in [-0.2, 0) is 0 Å². The lowest BCUT2D eigenvalue weighted by atomic mass is 10.3. The first-order valence-electron chi connectivity index (χ1n) is 6.48. The van der Waals surface area contributed by atoms with E-state index in [2.05, 4.69) is 9.97 Å². The number of fused-ring (bicyclic) bond motifs is 1. The summed E-state index contributed by atoms with van der Waals surface area (Å²) in [5.41, 5.74) is -1.02. The van der Waals surface area contributed by atoms with Crippen molar-refractivity contribution in [2.24, 2.45) is 0 Å². The first kappa shape index (κ1) is 19.2. The molecule has 0 fully saturated rings. The zero-order valence-corrected chi connectivity index (χ0v) is 12.4. The predicted molar refractivity (Wildman–Crippen MR) is 78.7 cm³/mol. The molecule has 6 nitrogen and oxygen atoms in total. The van der Waals surface area contributed by atoms with Gasteiger partial charge in [0.05, 0.1) is 11.6 Å². The molecular weight excluding hydrogens is 246 g/mol. The molecule has 0 aliphatic heterocycles. The highest BCUT2D eigenvalue weighted by Crippen LogP contribution is 2.09. The van der Waals surface area contributed by atoms with Crippen LogP contribution < -0.4 is 11.2 Å². The van der Waals surface area contributed by atoms with Crippen molar-refractivity contribution in [2.75, 3.05) is 0 Å². The van der Waals surface area contributed by atoms with Gasteiger partial charge in [-0.1, -0.05) is 41.5 Å². The van der Waals surface area contributed by atoms with E-state index in [1.54, 1.807) is 0 Å². The van der Waals surface area contributed by atoms with E-state index in [4.69, 9.17) is 5.11 Å². The highest BCUT2D eigenvalue weighted by atomic mass is 16.3. The molecule has 2 aromatic heterocycles. The number of pyridine rings is 1. The summed E-state index contributed by atoms with van der Waals surface area (Å²) in [6.45, 7) is 12.0. The molecule has 0 aliphatic rings. The summed E-state index contributed by atoms with van der Waals surface area (Å²) in [5.74, 6) is -0.120. The third-order valence-corrected chi connectivity index (χ3v) is 1.58. The van der Waals surface area contributed by atoms with Gasteiger partial charge >= 0.3 is 5.69 Å². The van der Waals surface area contributed by atoms with Crippen molar-refractivity contribution in [3.8, 4) is 5.75 Å². The fourth-order valence-corrected chi connectivity index (χ4v) is 1.04. The number of hydrogen-bond acceptors (Lipinski definition) is 4. The van der Waals surface area contributed by atoms with E-state index in [0.29, 0.717) is 0 Å². The molecule has 0 saturated carbocycles. The molecule has 0 saturated heterocycles. The zero-order chi connectivity index (χ0) is 15.4. The van der Waals surface area contributed by atoms with Crippen molar-refractivity contribution in [1.82, 2.24) is 15.0 Å². The molecule has 0 aliphatic carbocycles. The number of nitrogens with zero attached hydrogens (tertiary/aromatic N) is 1. The second kappa shape index (κ2) is 11.0. The molecule has 19 heavy (non-hydrogen) atoms. The van der Waals surface area contributed by atoms with Gasteiger partial charge in [0.2, 0.25) is 0 Å².